The summed E-state index contributed by atoms with van der Waals surface area (Å²) in [6.45, 7) is 10.3. The van der Waals surface area contributed by atoms with Crippen molar-refractivity contribution in [3.8, 4) is 0 Å². The molecule has 5 aliphatic rings. The molecular formula is C37H41N5O9PdS-2. The molecule has 0 saturated carbocycles. The predicted octanol–water partition coefficient (Wildman–Crippen LogP) is 1.41. The van der Waals surface area contributed by atoms with Gasteiger partial charge in [0, 0.05) is 57.9 Å². The molecule has 16 heteroatoms. The number of hydrogen-bond acceptors (Lipinski definition) is 14. The third-order valence-electron chi connectivity index (χ3n) is 10.2. The fourth-order valence-corrected chi connectivity index (χ4v) is 7.69. The first-order valence-electron chi connectivity index (χ1n) is 17.1. The maximum atomic E-state index is 13.8. The molecule has 0 radical (unpaired) electrons. The standard InChI is InChI=1S/C37H45N5O9S.Pd/c1-8-22-17(2)25-16-30-33(21(6)43)19(4)27(40-30)14-26-18(3)23(9-10-31(44)45)35(41-26)24(13-32(46)51-7)36-34(37(47)38-11-12-52(48,49)50)20(5)28(42-36)15-29(22)39-25;/h14-18,22-23,39,43H,8-13H2,1-7H3,(H,38,47)(H,44,45)(H,48,49,50);/q;+2/p-4/b25-16?,26-14?,29-15?,33-21+,36-24?;/t17-,18+,22-,23+;/m1./s1. The number of hydrogen-bond donors (Lipinski definition) is 1. The predicted molar refractivity (Wildman–Crippen MR) is 188 cm³/mol. The molecular weight excluding hydrogens is 797 g/mol. The fourth-order valence-electron chi connectivity index (χ4n) is 7.38. The Bertz CT molecular complexity index is 2080. The number of fused-ring (bicyclic) bond motifs is 5. The van der Waals surface area contributed by atoms with E-state index in [0.29, 0.717) is 45.2 Å². The van der Waals surface area contributed by atoms with Crippen LogP contribution in [0, 0.1) is 23.7 Å². The van der Waals surface area contributed by atoms with Crippen molar-refractivity contribution in [3.05, 3.63) is 80.3 Å². The average molecular weight is 838 g/mol. The summed E-state index contributed by atoms with van der Waals surface area (Å²) in [6, 6.07) is 0. The number of nitrogens with one attached hydrogen (secondary N) is 1. The first-order valence-corrected chi connectivity index (χ1v) is 18.7. The Kier molecular flexibility index (Phi) is 12.9. The molecule has 1 fully saturated rings. The van der Waals surface area contributed by atoms with E-state index in [4.69, 9.17) is 19.7 Å². The number of carbonyl (C=O) groups is 2. The van der Waals surface area contributed by atoms with Crippen molar-refractivity contribution in [1.29, 1.82) is 0 Å². The molecule has 0 amide bonds. The molecule has 0 aromatic rings. The zero-order valence-electron chi connectivity index (χ0n) is 30.5. The monoisotopic (exact) mass is 837 g/mol. The van der Waals surface area contributed by atoms with Crippen molar-refractivity contribution in [2.24, 2.45) is 43.6 Å². The minimum Gasteiger partial charge on any atom is -0.875 e. The van der Waals surface area contributed by atoms with Crippen molar-refractivity contribution >= 4 is 45.1 Å². The molecule has 5 heterocycles. The normalized spacial score (nSPS) is 25.2. The van der Waals surface area contributed by atoms with Gasteiger partial charge in [-0.05, 0) is 74.0 Å². The van der Waals surface area contributed by atoms with E-state index in [1.165, 1.54) is 14.0 Å². The zero-order chi connectivity index (χ0) is 38.2. The largest absolute Gasteiger partial charge is 2.00 e. The maximum absolute atomic E-state index is 13.8. The number of carboxylic acids is 1. The number of nitrogens with zero attached hydrogens (tertiary/aromatic N) is 4. The molecule has 1 N–H and O–H groups in total. The number of aliphatic imine (C=N–C) groups is 4. The molecule has 5 aliphatic heterocycles. The van der Waals surface area contributed by atoms with E-state index in [0.717, 1.165) is 17.8 Å². The van der Waals surface area contributed by atoms with Crippen LogP contribution in [-0.2, 0) is 44.9 Å². The first-order chi connectivity index (χ1) is 24.4. The maximum Gasteiger partial charge on any atom is 2.00 e. The van der Waals surface area contributed by atoms with Crippen molar-refractivity contribution in [2.45, 2.75) is 67.2 Å². The number of rotatable bonds is 10. The third kappa shape index (κ3) is 8.62. The van der Waals surface area contributed by atoms with Crippen molar-refractivity contribution < 1.29 is 63.0 Å². The summed E-state index contributed by atoms with van der Waals surface area (Å²) in [7, 11) is -3.46. The van der Waals surface area contributed by atoms with E-state index in [2.05, 4.69) is 17.2 Å². The number of aliphatic carboxylic acids is 1. The van der Waals surface area contributed by atoms with Gasteiger partial charge in [-0.2, -0.15) is 0 Å². The summed E-state index contributed by atoms with van der Waals surface area (Å²) in [4.78, 5) is 43.4. The summed E-state index contributed by atoms with van der Waals surface area (Å²) >= 11 is 0. The molecule has 5 rings (SSSR count). The van der Waals surface area contributed by atoms with Gasteiger partial charge in [-0.3, -0.25) is 14.8 Å². The topological polar surface area (TPSA) is 231 Å². The molecule has 53 heavy (non-hydrogen) atoms. The van der Waals surface area contributed by atoms with Gasteiger partial charge in [-0.1, -0.05) is 27.7 Å². The Labute approximate surface area is 322 Å². The Morgan fingerprint density at radius 3 is 2.25 bits per heavy atom. The summed E-state index contributed by atoms with van der Waals surface area (Å²) in [6.07, 6.45) is 5.50. The molecule has 8 bridgehead atoms. The van der Waals surface area contributed by atoms with Gasteiger partial charge in [-0.25, -0.2) is 18.4 Å². The van der Waals surface area contributed by atoms with Crippen LogP contribution in [0.1, 0.15) is 67.2 Å². The SMILES string of the molecule is CC[C@H]1C2=CC3=NC(=C(CC(=O)OC)C4=NC(=CC5=C(C)/C(=C(/C)[O-])C(=N5)C=C(N2)[C@@H]1C)[C@@H](C)[C@@H]4CCC(=O)[O-])C(C([O-])=NCCS(=O)(=O)[O-])=C3C.[Pd+2]. The van der Waals surface area contributed by atoms with E-state index >= 15 is 0 Å². The third-order valence-corrected chi connectivity index (χ3v) is 10.9. The summed E-state index contributed by atoms with van der Waals surface area (Å²) in [5.74, 6) is -4.88. The number of methoxy groups -OCH3 is 1. The quantitative estimate of drug-likeness (QED) is 0.0830. The van der Waals surface area contributed by atoms with Crippen molar-refractivity contribution in [3.63, 3.8) is 0 Å². The van der Waals surface area contributed by atoms with Gasteiger partial charge in [0.2, 0.25) is 0 Å². The smallest absolute Gasteiger partial charge is 0.875 e. The first kappa shape index (κ1) is 41.5. The Morgan fingerprint density at radius 2 is 1.64 bits per heavy atom. The van der Waals surface area contributed by atoms with Crippen LogP contribution in [0.5, 0.6) is 0 Å². The van der Waals surface area contributed by atoms with Gasteiger partial charge in [0.1, 0.15) is 0 Å². The average Bonchev–Trinajstić information content (AvgIpc) is 3.74. The van der Waals surface area contributed by atoms with Crippen molar-refractivity contribution in [2.75, 3.05) is 19.4 Å². The van der Waals surface area contributed by atoms with Gasteiger partial charge in [0.05, 0.1) is 64.5 Å². The van der Waals surface area contributed by atoms with Crippen LogP contribution in [0.4, 0.5) is 0 Å². The van der Waals surface area contributed by atoms with Crippen LogP contribution in [0.3, 0.4) is 0 Å². The summed E-state index contributed by atoms with van der Waals surface area (Å²) < 4.78 is 39.0. The molecule has 0 unspecified atom stereocenters. The summed E-state index contributed by atoms with van der Waals surface area (Å²) in [5.41, 5.74) is 5.57. The van der Waals surface area contributed by atoms with Crippen LogP contribution in [-0.4, -0.2) is 67.3 Å². The van der Waals surface area contributed by atoms with Gasteiger partial charge in [-0.15, -0.1) is 5.76 Å². The van der Waals surface area contributed by atoms with E-state index in [1.54, 1.807) is 13.0 Å². The van der Waals surface area contributed by atoms with E-state index in [-0.39, 0.29) is 67.7 Å². The molecule has 286 valence electrons. The number of carbonyl (C=O) groups excluding carboxylic acids is 2. The number of allylic oxidation sites excluding steroid dienone is 10. The summed E-state index contributed by atoms with van der Waals surface area (Å²) in [5, 5.41) is 42.1. The molecule has 14 nitrogen and oxygen atoms in total. The van der Waals surface area contributed by atoms with Crippen LogP contribution >= 0.6 is 0 Å². The van der Waals surface area contributed by atoms with Crippen LogP contribution < -0.4 is 20.6 Å². The second-order valence-corrected chi connectivity index (χ2v) is 15.0. The zero-order valence-corrected chi connectivity index (χ0v) is 32.8. The molecule has 0 aromatic carbocycles. The molecule has 0 aromatic heterocycles. The second-order valence-electron chi connectivity index (χ2n) is 13.5. The number of carboxylic acid groups (broad SMARTS) is 1. The minimum absolute atomic E-state index is 0. The molecule has 0 spiro atoms. The van der Waals surface area contributed by atoms with Crippen molar-refractivity contribution in [1.82, 2.24) is 5.32 Å². The molecule has 4 atom stereocenters. The minimum atomic E-state index is -4.67. The Balaban J connectivity index is 0.00000627. The number of ether oxygens (including phenoxy) is 1. The van der Waals surface area contributed by atoms with Gasteiger partial charge >= 0.3 is 26.4 Å². The van der Waals surface area contributed by atoms with Gasteiger partial charge in [0.25, 0.3) is 0 Å². The van der Waals surface area contributed by atoms with E-state index in [9.17, 15) is 37.9 Å². The van der Waals surface area contributed by atoms with Crippen LogP contribution in [0.2, 0.25) is 0 Å². The van der Waals surface area contributed by atoms with E-state index < -0.39 is 58.5 Å². The van der Waals surface area contributed by atoms with Crippen LogP contribution in [0.25, 0.3) is 0 Å². The van der Waals surface area contributed by atoms with Gasteiger partial charge < -0.3 is 34.7 Å². The van der Waals surface area contributed by atoms with E-state index in [1.807, 2.05) is 32.9 Å². The molecule has 0 aliphatic carbocycles. The Hall–Kier alpha value is -4.23. The number of esters is 1. The second kappa shape index (κ2) is 16.4. The van der Waals surface area contributed by atoms with Gasteiger partial charge in [0.15, 0.2) is 0 Å². The fraction of sp³-hybridized carbons (Fsp3) is 0.459. The van der Waals surface area contributed by atoms with Crippen LogP contribution in [0.15, 0.2) is 100 Å². The molecule has 1 saturated heterocycles. The Morgan fingerprint density at radius 1 is 0.962 bits per heavy atom.